The van der Waals surface area contributed by atoms with Crippen molar-refractivity contribution in [2.45, 2.75) is 54.9 Å². The number of hydrogen-bond acceptors (Lipinski definition) is 13. The van der Waals surface area contributed by atoms with Gasteiger partial charge in [0.15, 0.2) is 11.6 Å². The second-order valence-corrected chi connectivity index (χ2v) is 5.85. The van der Waals surface area contributed by atoms with E-state index in [-0.39, 0.29) is 0 Å². The van der Waals surface area contributed by atoms with Crippen molar-refractivity contribution < 1.29 is 60.7 Å². The molecule has 0 aliphatic carbocycles. The van der Waals surface area contributed by atoms with Gasteiger partial charge in [-0.1, -0.05) is 0 Å². The van der Waals surface area contributed by atoms with Crippen LogP contribution in [0.15, 0.2) is 0 Å². The van der Waals surface area contributed by atoms with E-state index in [0.717, 1.165) is 0 Å². The fourth-order valence-electron chi connectivity index (χ4n) is 1.94. The summed E-state index contributed by atoms with van der Waals surface area (Å²) < 4.78 is 0. The minimum atomic E-state index is -2.37. The summed E-state index contributed by atoms with van der Waals surface area (Å²) in [6.07, 6.45) is -16.8. The largest absolute Gasteiger partial charge is 0.394 e. The molecule has 0 bridgehead atoms. The fourth-order valence-corrected chi connectivity index (χ4v) is 1.94. The Balaban J connectivity index is 4.88. The van der Waals surface area contributed by atoms with Gasteiger partial charge in [-0.3, -0.25) is 9.59 Å². The van der Waals surface area contributed by atoms with Gasteiger partial charge in [-0.15, -0.1) is 0 Å². The second-order valence-electron chi connectivity index (χ2n) is 5.85. The molecule has 0 heterocycles. The molecule has 27 heavy (non-hydrogen) atoms. The molecule has 0 aromatic carbocycles. The first kappa shape index (κ1) is 25.9. The average Bonchev–Trinajstić information content (AvgIpc) is 2.67. The third-order valence-electron chi connectivity index (χ3n) is 3.76. The molecular formula is C14H26NO12. The Labute approximate surface area is 153 Å². The van der Waals surface area contributed by atoms with Crippen molar-refractivity contribution >= 4 is 11.6 Å². The second kappa shape index (κ2) is 11.7. The summed E-state index contributed by atoms with van der Waals surface area (Å²) in [5, 5.41) is 92.9. The van der Waals surface area contributed by atoms with Crippen molar-refractivity contribution in [2.75, 3.05) is 13.2 Å². The summed E-state index contributed by atoms with van der Waals surface area (Å²) in [6, 6.07) is -1.93. The van der Waals surface area contributed by atoms with E-state index in [1.54, 1.807) is 0 Å². The Morgan fingerprint density at radius 3 is 1.44 bits per heavy atom. The maximum absolute atomic E-state index is 11.9. The lowest BCUT2D eigenvalue weighted by Crippen LogP contribution is -2.54. The quantitative estimate of drug-likeness (QED) is 0.137. The zero-order valence-corrected chi connectivity index (χ0v) is 14.1. The molecule has 0 aromatic rings. The highest BCUT2D eigenvalue weighted by atomic mass is 16.4. The van der Waals surface area contributed by atoms with Crippen molar-refractivity contribution in [2.24, 2.45) is 5.73 Å². The van der Waals surface area contributed by atoms with Crippen LogP contribution in [0.25, 0.3) is 0 Å². The van der Waals surface area contributed by atoms with Crippen molar-refractivity contribution in [3.8, 4) is 0 Å². The number of nitrogens with two attached hydrogens (primary N) is 1. The van der Waals surface area contributed by atoms with E-state index in [1.165, 1.54) is 0 Å². The van der Waals surface area contributed by atoms with E-state index in [0.29, 0.717) is 6.42 Å². The maximum atomic E-state index is 11.9. The number of carbonyl (C=O) groups is 2. The van der Waals surface area contributed by atoms with E-state index in [4.69, 9.17) is 26.2 Å². The molecule has 0 rings (SSSR count). The van der Waals surface area contributed by atoms with Crippen LogP contribution in [0.1, 0.15) is 0 Å². The van der Waals surface area contributed by atoms with E-state index in [1.807, 2.05) is 0 Å². The van der Waals surface area contributed by atoms with Gasteiger partial charge in [0.2, 0.25) is 0 Å². The molecule has 13 heteroatoms. The Kier molecular flexibility index (Phi) is 11.2. The molecule has 0 aromatic heterocycles. The summed E-state index contributed by atoms with van der Waals surface area (Å²) in [6.45, 7) is -1.96. The standard InChI is InChI=1S/C14H26NO12/c15-4(8(21)12(25)14(27)11(24)7(20)3-17)1-5(18)9(22)13(26)10(23)6(19)2-16/h1,4,6-7,9-14,16-17,19-20,22-27H,2-3,15H2/t4?,6-,7-,9-,10-,11-,12-,13-,14+/m1/s1. The number of carbonyl (C=O) groups excluding carboxylic acids is 2. The zero-order chi connectivity index (χ0) is 21.5. The summed E-state index contributed by atoms with van der Waals surface area (Å²) in [5.41, 5.74) is 5.33. The molecule has 9 atom stereocenters. The van der Waals surface area contributed by atoms with Crippen LogP contribution in [0.4, 0.5) is 0 Å². The normalized spacial score (nSPS) is 22.0. The number of rotatable bonds is 13. The number of aliphatic hydroxyl groups is 10. The lowest BCUT2D eigenvalue weighted by Gasteiger charge is -2.27. The molecule has 0 fully saturated rings. The number of hydrogen-bond donors (Lipinski definition) is 11. The summed E-state index contributed by atoms with van der Waals surface area (Å²) in [5.74, 6) is -2.79. The molecule has 1 radical (unpaired) electrons. The molecule has 0 saturated heterocycles. The summed E-state index contributed by atoms with van der Waals surface area (Å²) >= 11 is 0. The monoisotopic (exact) mass is 400 g/mol. The van der Waals surface area contributed by atoms with Crippen molar-refractivity contribution in [3.05, 3.63) is 6.42 Å². The molecule has 0 amide bonds. The Hall–Kier alpha value is -1.10. The van der Waals surface area contributed by atoms with Gasteiger partial charge in [0, 0.05) is 0 Å². The van der Waals surface area contributed by atoms with Crippen LogP contribution >= 0.6 is 0 Å². The van der Waals surface area contributed by atoms with Crippen molar-refractivity contribution in [1.29, 1.82) is 0 Å². The van der Waals surface area contributed by atoms with Crippen LogP contribution in [0.3, 0.4) is 0 Å². The first-order chi connectivity index (χ1) is 12.4. The first-order valence-corrected chi connectivity index (χ1v) is 7.74. The van der Waals surface area contributed by atoms with Crippen LogP contribution in [-0.2, 0) is 9.59 Å². The predicted molar refractivity (Wildman–Crippen MR) is 84.5 cm³/mol. The highest BCUT2D eigenvalue weighted by Gasteiger charge is 2.39. The predicted octanol–water partition coefficient (Wildman–Crippen LogP) is -7.47. The topological polar surface area (TPSA) is 262 Å². The van der Waals surface area contributed by atoms with Gasteiger partial charge in [-0.2, -0.15) is 0 Å². The highest BCUT2D eigenvalue weighted by Crippen LogP contribution is 2.11. The SMILES string of the molecule is NC([CH]C(=O)[C@@H](O)[C@@H](O)[C@H](O)[C@H](O)CO)C(=O)[C@@H](O)[C@@H](O)[C@H](O)[C@H](O)CO. The summed E-state index contributed by atoms with van der Waals surface area (Å²) in [7, 11) is 0. The van der Waals surface area contributed by atoms with Gasteiger partial charge >= 0.3 is 0 Å². The Morgan fingerprint density at radius 2 is 1.07 bits per heavy atom. The number of Topliss-reactive ketones (excluding diaryl/α,β-unsaturated/α-hetero) is 2. The summed E-state index contributed by atoms with van der Waals surface area (Å²) in [4.78, 5) is 23.7. The molecule has 12 N–H and O–H groups in total. The lowest BCUT2D eigenvalue weighted by molar-refractivity contribution is -0.150. The molecule has 13 nitrogen and oxygen atoms in total. The lowest BCUT2D eigenvalue weighted by atomic mass is 9.92. The molecule has 159 valence electrons. The van der Waals surface area contributed by atoms with Gasteiger partial charge in [0.05, 0.1) is 25.7 Å². The van der Waals surface area contributed by atoms with Crippen molar-refractivity contribution in [3.63, 3.8) is 0 Å². The van der Waals surface area contributed by atoms with E-state index in [2.05, 4.69) is 0 Å². The third kappa shape index (κ3) is 7.10. The van der Waals surface area contributed by atoms with Gasteiger partial charge < -0.3 is 56.8 Å². The smallest absolute Gasteiger partial charge is 0.181 e. The van der Waals surface area contributed by atoms with Gasteiger partial charge in [0.1, 0.15) is 48.8 Å². The van der Waals surface area contributed by atoms with Gasteiger partial charge in [-0.25, -0.2) is 0 Å². The Morgan fingerprint density at radius 1 is 0.704 bits per heavy atom. The molecule has 0 aliphatic rings. The van der Waals surface area contributed by atoms with Crippen molar-refractivity contribution in [1.82, 2.24) is 0 Å². The van der Waals surface area contributed by atoms with Crippen LogP contribution in [0.2, 0.25) is 0 Å². The van der Waals surface area contributed by atoms with Crippen LogP contribution in [0, 0.1) is 6.42 Å². The van der Waals surface area contributed by atoms with Gasteiger partial charge in [-0.05, 0) is 0 Å². The van der Waals surface area contributed by atoms with E-state index < -0.39 is 79.7 Å². The molecule has 0 aliphatic heterocycles. The average molecular weight is 400 g/mol. The van der Waals surface area contributed by atoms with Crippen LogP contribution in [0.5, 0.6) is 0 Å². The van der Waals surface area contributed by atoms with Crippen LogP contribution in [-0.4, -0.2) is 131 Å². The number of aliphatic hydroxyl groups excluding tert-OH is 10. The van der Waals surface area contributed by atoms with E-state index >= 15 is 0 Å². The minimum absolute atomic E-state index is 0.346. The fraction of sp³-hybridized carbons (Fsp3) is 0.786. The molecular weight excluding hydrogens is 374 g/mol. The Bertz CT molecular complexity index is 477. The minimum Gasteiger partial charge on any atom is -0.394 e. The van der Waals surface area contributed by atoms with E-state index in [9.17, 15) is 40.2 Å². The third-order valence-corrected chi connectivity index (χ3v) is 3.76. The van der Waals surface area contributed by atoms with Crippen LogP contribution < -0.4 is 5.73 Å². The zero-order valence-electron chi connectivity index (χ0n) is 14.1. The molecule has 0 saturated carbocycles. The first-order valence-electron chi connectivity index (χ1n) is 7.74. The highest BCUT2D eigenvalue weighted by molar-refractivity contribution is 6.00. The van der Waals surface area contributed by atoms with Gasteiger partial charge in [0.25, 0.3) is 0 Å². The number of ketones is 2. The molecule has 0 spiro atoms. The molecule has 1 unspecified atom stereocenters. The maximum Gasteiger partial charge on any atom is 0.181 e.